The van der Waals surface area contributed by atoms with Gasteiger partial charge in [0.05, 0.1) is 9.82 Å². The molecule has 2 N–H and O–H groups in total. The van der Waals surface area contributed by atoms with Crippen LogP contribution in [0, 0.1) is 10.1 Å². The number of nitrogens with one attached hydrogen (secondary N) is 2. The van der Waals surface area contributed by atoms with Gasteiger partial charge in [-0.1, -0.05) is 18.2 Å². The number of non-ortho nitro benzene ring substituents is 1. The third-order valence-electron chi connectivity index (χ3n) is 3.73. The smallest absolute Gasteiger partial charge is 0.269 e. The van der Waals surface area contributed by atoms with E-state index in [1.54, 1.807) is 0 Å². The first-order valence-corrected chi connectivity index (χ1v) is 8.49. The Balaban J connectivity index is 1.72. The topological polar surface area (TPSA) is 101 Å². The molecule has 0 unspecified atom stereocenters. The molecule has 0 bridgehead atoms. The molecule has 0 atom stereocenters. The van der Waals surface area contributed by atoms with E-state index >= 15 is 0 Å². The number of hydrogen-bond acceptors (Lipinski definition) is 5. The molecule has 7 nitrogen and oxygen atoms in total. The number of nitro groups is 1. The van der Waals surface area contributed by atoms with Crippen LogP contribution in [0.4, 0.5) is 5.69 Å². The normalized spacial score (nSPS) is 13.7. The van der Waals surface area contributed by atoms with Crippen LogP contribution in [0.1, 0.15) is 16.7 Å². The third-order valence-corrected chi connectivity index (χ3v) is 5.14. The Bertz CT molecular complexity index is 848. The molecule has 0 aromatic heterocycles. The van der Waals surface area contributed by atoms with Crippen LogP contribution in [0.2, 0.25) is 0 Å². The van der Waals surface area contributed by atoms with E-state index in [1.807, 2.05) is 18.2 Å². The maximum atomic E-state index is 12.2. The molecule has 3 rings (SSSR count). The van der Waals surface area contributed by atoms with Gasteiger partial charge >= 0.3 is 0 Å². The summed E-state index contributed by atoms with van der Waals surface area (Å²) in [6, 6.07) is 10.7. The fourth-order valence-corrected chi connectivity index (χ4v) is 3.48. The number of nitro benzene ring substituents is 1. The van der Waals surface area contributed by atoms with E-state index in [2.05, 4.69) is 10.0 Å². The second-order valence-corrected chi connectivity index (χ2v) is 7.05. The van der Waals surface area contributed by atoms with Crippen molar-refractivity contribution in [3.8, 4) is 0 Å². The molecule has 0 radical (unpaired) electrons. The second-order valence-electron chi connectivity index (χ2n) is 5.28. The summed E-state index contributed by atoms with van der Waals surface area (Å²) >= 11 is 0. The molecule has 1 heterocycles. The molecule has 0 spiro atoms. The van der Waals surface area contributed by atoms with Crippen LogP contribution < -0.4 is 10.0 Å². The Hall–Kier alpha value is -2.29. The van der Waals surface area contributed by atoms with Crippen molar-refractivity contribution in [2.24, 2.45) is 0 Å². The Morgan fingerprint density at radius 2 is 1.78 bits per heavy atom. The van der Waals surface area contributed by atoms with Crippen LogP contribution in [0.25, 0.3) is 0 Å². The lowest BCUT2D eigenvalue weighted by Crippen LogP contribution is -2.23. The van der Waals surface area contributed by atoms with Crippen LogP contribution in [0.3, 0.4) is 0 Å². The zero-order valence-corrected chi connectivity index (χ0v) is 13.0. The average molecular weight is 333 g/mol. The lowest BCUT2D eigenvalue weighted by atomic mass is 10.1. The highest BCUT2D eigenvalue weighted by Gasteiger charge is 2.16. The van der Waals surface area contributed by atoms with Crippen molar-refractivity contribution in [1.82, 2.24) is 10.0 Å². The molecule has 8 heteroatoms. The highest BCUT2D eigenvalue weighted by molar-refractivity contribution is 7.89. The minimum absolute atomic E-state index is 0.00549. The van der Waals surface area contributed by atoms with Gasteiger partial charge in [-0.2, -0.15) is 0 Å². The lowest BCUT2D eigenvalue weighted by Gasteiger charge is -2.08. The number of sulfonamides is 1. The van der Waals surface area contributed by atoms with Crippen molar-refractivity contribution in [1.29, 1.82) is 0 Å². The molecule has 1 aliphatic rings. The number of rotatable bonds is 5. The van der Waals surface area contributed by atoms with Crippen molar-refractivity contribution in [3.63, 3.8) is 0 Å². The van der Waals surface area contributed by atoms with Crippen LogP contribution in [0.15, 0.2) is 47.4 Å². The molecule has 0 fully saturated rings. The average Bonchev–Trinajstić information content (AvgIpc) is 3.01. The molecular formula is C15H15N3O4S. The van der Waals surface area contributed by atoms with Gasteiger partial charge in [0, 0.05) is 31.8 Å². The van der Waals surface area contributed by atoms with Gasteiger partial charge in [-0.05, 0) is 28.8 Å². The van der Waals surface area contributed by atoms with E-state index in [-0.39, 0.29) is 17.1 Å². The summed E-state index contributed by atoms with van der Waals surface area (Å²) in [6.07, 6.45) is 0. The van der Waals surface area contributed by atoms with E-state index in [4.69, 9.17) is 0 Å². The lowest BCUT2D eigenvalue weighted by molar-refractivity contribution is -0.384. The molecule has 2 aromatic rings. The molecule has 1 aliphatic heterocycles. The van der Waals surface area contributed by atoms with Crippen molar-refractivity contribution >= 4 is 15.7 Å². The molecule has 0 saturated carbocycles. The van der Waals surface area contributed by atoms with Crippen LogP contribution in [-0.4, -0.2) is 13.3 Å². The number of benzene rings is 2. The first-order valence-electron chi connectivity index (χ1n) is 7.01. The number of hydrogen-bond donors (Lipinski definition) is 2. The summed E-state index contributed by atoms with van der Waals surface area (Å²) in [6.45, 7) is 1.80. The zero-order valence-electron chi connectivity index (χ0n) is 12.2. The Kier molecular flexibility index (Phi) is 4.12. The monoisotopic (exact) mass is 333 g/mol. The predicted molar refractivity (Wildman–Crippen MR) is 84.1 cm³/mol. The number of nitrogens with zero attached hydrogens (tertiary/aromatic N) is 1. The third kappa shape index (κ3) is 3.39. The zero-order chi connectivity index (χ0) is 16.4. The molecule has 0 amide bonds. The number of fused-ring (bicyclic) bond motifs is 1. The first kappa shape index (κ1) is 15.6. The fraction of sp³-hybridized carbons (Fsp3) is 0.200. The fourth-order valence-electron chi connectivity index (χ4n) is 2.47. The van der Waals surface area contributed by atoms with E-state index in [1.165, 1.54) is 35.4 Å². The highest BCUT2D eigenvalue weighted by atomic mass is 32.2. The Labute approximate surface area is 133 Å². The summed E-state index contributed by atoms with van der Waals surface area (Å²) in [5.74, 6) is 0. The van der Waals surface area contributed by atoms with Crippen LogP contribution in [-0.2, 0) is 29.7 Å². The second kappa shape index (κ2) is 6.07. The maximum absolute atomic E-state index is 12.2. The summed E-state index contributed by atoms with van der Waals surface area (Å²) in [5, 5.41) is 13.8. The quantitative estimate of drug-likeness (QED) is 0.640. The van der Waals surface area contributed by atoms with Gasteiger partial charge in [0.2, 0.25) is 10.0 Å². The van der Waals surface area contributed by atoms with Gasteiger partial charge < -0.3 is 5.32 Å². The van der Waals surface area contributed by atoms with E-state index < -0.39 is 14.9 Å². The van der Waals surface area contributed by atoms with Crippen molar-refractivity contribution in [3.05, 3.63) is 69.3 Å². The largest absolute Gasteiger partial charge is 0.309 e. The molecule has 2 aromatic carbocycles. The van der Waals surface area contributed by atoms with E-state index in [0.717, 1.165) is 18.7 Å². The van der Waals surface area contributed by atoms with Crippen molar-refractivity contribution in [2.75, 3.05) is 0 Å². The molecular weight excluding hydrogens is 318 g/mol. The minimum Gasteiger partial charge on any atom is -0.309 e. The summed E-state index contributed by atoms with van der Waals surface area (Å²) < 4.78 is 27.0. The highest BCUT2D eigenvalue weighted by Crippen LogP contribution is 2.18. The first-order chi connectivity index (χ1) is 11.0. The van der Waals surface area contributed by atoms with E-state index in [0.29, 0.717) is 0 Å². The van der Waals surface area contributed by atoms with Crippen molar-refractivity contribution < 1.29 is 13.3 Å². The Morgan fingerprint density at radius 1 is 1.09 bits per heavy atom. The van der Waals surface area contributed by atoms with Gasteiger partial charge in [0.15, 0.2) is 0 Å². The van der Waals surface area contributed by atoms with Gasteiger partial charge in [-0.15, -0.1) is 0 Å². The SMILES string of the molecule is O=[N+]([O-])c1ccc(S(=O)(=O)NCc2ccc3c(c2)CNC3)cc1. The minimum atomic E-state index is -3.70. The summed E-state index contributed by atoms with van der Waals surface area (Å²) in [7, 11) is -3.70. The van der Waals surface area contributed by atoms with E-state index in [9.17, 15) is 18.5 Å². The molecule has 0 saturated heterocycles. The van der Waals surface area contributed by atoms with Gasteiger partial charge in [-0.25, -0.2) is 13.1 Å². The molecule has 120 valence electrons. The maximum Gasteiger partial charge on any atom is 0.269 e. The van der Waals surface area contributed by atoms with Gasteiger partial charge in [0.1, 0.15) is 0 Å². The predicted octanol–water partition coefficient (Wildman–Crippen LogP) is 1.68. The standard InChI is InChI=1S/C15H15N3O4S/c19-18(20)14-3-5-15(6-4-14)23(21,22)17-8-11-1-2-12-9-16-10-13(12)7-11/h1-7,16-17H,8-10H2. The summed E-state index contributed by atoms with van der Waals surface area (Å²) in [4.78, 5) is 10.0. The van der Waals surface area contributed by atoms with Crippen LogP contribution in [0.5, 0.6) is 0 Å². The summed E-state index contributed by atoms with van der Waals surface area (Å²) in [5.41, 5.74) is 3.14. The molecule has 23 heavy (non-hydrogen) atoms. The van der Waals surface area contributed by atoms with Gasteiger partial charge in [-0.3, -0.25) is 10.1 Å². The van der Waals surface area contributed by atoms with Crippen molar-refractivity contribution in [2.45, 2.75) is 24.5 Å². The van der Waals surface area contributed by atoms with Gasteiger partial charge in [0.25, 0.3) is 5.69 Å². The molecule has 0 aliphatic carbocycles. The Morgan fingerprint density at radius 3 is 2.48 bits per heavy atom. The van der Waals surface area contributed by atoms with Crippen LogP contribution >= 0.6 is 0 Å².